The maximum Gasteiger partial charge on any atom is 0.228 e. The second-order valence-electron chi connectivity index (χ2n) is 7.52. The van der Waals surface area contributed by atoms with Crippen LogP contribution in [0.15, 0.2) is 29.4 Å². The summed E-state index contributed by atoms with van der Waals surface area (Å²) in [5.74, 6) is 1.37. The third-order valence-electron chi connectivity index (χ3n) is 6.38. The predicted octanol–water partition coefficient (Wildman–Crippen LogP) is 0.0597. The molecule has 1 saturated heterocycles. The standard InChI is InChI=1S/C18H22N4O3/c1-22-7-6-18-10-3-4-12(23)16(18)24-15-13(25-21-17(19)20)5-2-9(14(15)18)8-11(10)22/h2-5,10-12,16,23H,6-8H2,1H3,(H4,19,20,21)/t10-,11+,12-,16-,18-/m0/s1. The van der Waals surface area contributed by atoms with Crippen LogP contribution >= 0.6 is 0 Å². The average molecular weight is 342 g/mol. The van der Waals surface area contributed by atoms with E-state index in [1.165, 1.54) is 11.1 Å². The number of benzene rings is 1. The Morgan fingerprint density at radius 1 is 1.40 bits per heavy atom. The number of guanidine groups is 1. The third kappa shape index (κ3) is 1.79. The molecular formula is C18H22N4O3. The minimum absolute atomic E-state index is 0.141. The summed E-state index contributed by atoms with van der Waals surface area (Å²) < 4.78 is 6.29. The van der Waals surface area contributed by atoms with Crippen LogP contribution < -0.4 is 21.0 Å². The molecule has 1 fully saturated rings. The lowest BCUT2D eigenvalue weighted by Gasteiger charge is -2.56. The molecule has 2 heterocycles. The summed E-state index contributed by atoms with van der Waals surface area (Å²) in [7, 11) is 2.18. The molecule has 0 radical (unpaired) electrons. The molecule has 4 aliphatic rings. The Morgan fingerprint density at radius 2 is 2.24 bits per heavy atom. The van der Waals surface area contributed by atoms with Gasteiger partial charge < -0.3 is 31.0 Å². The van der Waals surface area contributed by atoms with Crippen molar-refractivity contribution < 1.29 is 14.7 Å². The van der Waals surface area contributed by atoms with Gasteiger partial charge >= 0.3 is 0 Å². The van der Waals surface area contributed by atoms with Gasteiger partial charge in [-0.25, -0.2) is 0 Å². The van der Waals surface area contributed by atoms with Crippen LogP contribution in [0.25, 0.3) is 0 Å². The maximum absolute atomic E-state index is 10.6. The number of rotatable bonds is 2. The van der Waals surface area contributed by atoms with E-state index in [0.717, 1.165) is 19.4 Å². The monoisotopic (exact) mass is 342 g/mol. The van der Waals surface area contributed by atoms with E-state index in [2.05, 4.69) is 29.2 Å². The van der Waals surface area contributed by atoms with Crippen LogP contribution in [-0.4, -0.2) is 47.8 Å². The Hall–Kier alpha value is -2.25. The summed E-state index contributed by atoms with van der Waals surface area (Å²) >= 11 is 0. The van der Waals surface area contributed by atoms with Crippen molar-refractivity contribution in [2.45, 2.75) is 36.5 Å². The lowest BCUT2D eigenvalue weighted by atomic mass is 9.53. The molecule has 132 valence electrons. The summed E-state index contributed by atoms with van der Waals surface area (Å²) in [6, 6.07) is 4.35. The summed E-state index contributed by atoms with van der Waals surface area (Å²) in [5, 5.41) is 14.3. The van der Waals surface area contributed by atoms with Crippen molar-refractivity contribution in [2.24, 2.45) is 22.5 Å². The molecule has 5 atom stereocenters. The van der Waals surface area contributed by atoms with E-state index in [0.29, 0.717) is 23.5 Å². The highest BCUT2D eigenvalue weighted by Crippen LogP contribution is 2.62. The maximum atomic E-state index is 10.6. The summed E-state index contributed by atoms with van der Waals surface area (Å²) in [5.41, 5.74) is 13.0. The molecule has 5 N–H and O–H groups in total. The number of likely N-dealkylation sites (N-methyl/N-ethyl adjacent to an activating group) is 1. The lowest BCUT2D eigenvalue weighted by Crippen LogP contribution is -2.64. The van der Waals surface area contributed by atoms with Crippen LogP contribution in [-0.2, 0) is 11.8 Å². The van der Waals surface area contributed by atoms with E-state index < -0.39 is 6.10 Å². The Morgan fingerprint density at radius 3 is 3.04 bits per heavy atom. The van der Waals surface area contributed by atoms with Gasteiger partial charge in [-0.15, -0.1) is 0 Å². The van der Waals surface area contributed by atoms with E-state index in [-0.39, 0.29) is 17.5 Å². The molecule has 2 aliphatic carbocycles. The molecule has 0 amide bonds. The van der Waals surface area contributed by atoms with Gasteiger partial charge in [0.1, 0.15) is 12.2 Å². The largest absolute Gasteiger partial charge is 0.482 e. The van der Waals surface area contributed by atoms with E-state index in [1.54, 1.807) is 0 Å². The minimum atomic E-state index is -0.630. The zero-order valence-electron chi connectivity index (χ0n) is 14.1. The van der Waals surface area contributed by atoms with Crippen LogP contribution in [0.5, 0.6) is 11.5 Å². The lowest BCUT2D eigenvalue weighted by molar-refractivity contribution is -0.0454. The average Bonchev–Trinajstić information content (AvgIpc) is 2.94. The molecule has 7 nitrogen and oxygen atoms in total. The van der Waals surface area contributed by atoms with Crippen LogP contribution in [0.2, 0.25) is 0 Å². The Labute approximate surface area is 145 Å². The van der Waals surface area contributed by atoms with Crippen molar-refractivity contribution in [3.05, 3.63) is 35.4 Å². The van der Waals surface area contributed by atoms with E-state index in [9.17, 15) is 5.11 Å². The molecule has 1 spiro atoms. The van der Waals surface area contributed by atoms with Gasteiger partial charge in [0.2, 0.25) is 5.96 Å². The Balaban J connectivity index is 1.72. The third-order valence-corrected chi connectivity index (χ3v) is 6.38. The van der Waals surface area contributed by atoms with E-state index >= 15 is 0 Å². The highest BCUT2D eigenvalue weighted by molar-refractivity contribution is 5.75. The molecule has 25 heavy (non-hydrogen) atoms. The quantitative estimate of drug-likeness (QED) is 0.304. The fraction of sp³-hybridized carbons (Fsp3) is 0.500. The van der Waals surface area contributed by atoms with Crippen LogP contribution in [0, 0.1) is 5.92 Å². The van der Waals surface area contributed by atoms with Gasteiger partial charge in [0.25, 0.3) is 0 Å². The molecule has 5 rings (SSSR count). The SMILES string of the molecule is CN1CC[C@]23c4c5ccc(ON=C(N)N)c4O[C@H]2[C@@H](O)C=C[C@H]3[C@H]1C5. The van der Waals surface area contributed by atoms with Gasteiger partial charge in [-0.3, -0.25) is 0 Å². The zero-order chi connectivity index (χ0) is 17.3. The molecule has 0 aromatic heterocycles. The van der Waals surface area contributed by atoms with Crippen molar-refractivity contribution in [1.82, 2.24) is 4.90 Å². The number of aliphatic hydroxyl groups excluding tert-OH is 1. The minimum Gasteiger partial charge on any atom is -0.482 e. The number of likely N-dealkylation sites (tertiary alicyclic amines) is 1. The Bertz CT molecular complexity index is 804. The summed E-state index contributed by atoms with van der Waals surface area (Å²) in [6.45, 7) is 0.986. The van der Waals surface area contributed by atoms with Gasteiger partial charge in [0, 0.05) is 22.9 Å². The van der Waals surface area contributed by atoms with Crippen LogP contribution in [0.1, 0.15) is 17.5 Å². The molecule has 7 heteroatoms. The topological polar surface area (TPSA) is 106 Å². The second-order valence-corrected chi connectivity index (χ2v) is 7.52. The predicted molar refractivity (Wildman–Crippen MR) is 92.3 cm³/mol. The first-order chi connectivity index (χ1) is 12.0. The van der Waals surface area contributed by atoms with Crippen molar-refractivity contribution in [2.75, 3.05) is 13.6 Å². The highest BCUT2D eigenvalue weighted by atomic mass is 16.6. The Kier molecular flexibility index (Phi) is 2.94. The van der Waals surface area contributed by atoms with Crippen molar-refractivity contribution in [1.29, 1.82) is 0 Å². The van der Waals surface area contributed by atoms with Crippen molar-refractivity contribution in [3.8, 4) is 11.5 Å². The first-order valence-corrected chi connectivity index (χ1v) is 8.68. The van der Waals surface area contributed by atoms with Crippen molar-refractivity contribution >= 4 is 5.96 Å². The first-order valence-electron chi connectivity index (χ1n) is 8.68. The number of hydrogen-bond acceptors (Lipinski definition) is 5. The van der Waals surface area contributed by atoms with Gasteiger partial charge in [0.15, 0.2) is 11.5 Å². The fourth-order valence-corrected chi connectivity index (χ4v) is 5.40. The number of oxime groups is 1. The molecule has 0 unspecified atom stereocenters. The second kappa shape index (κ2) is 4.89. The molecule has 1 aromatic rings. The number of nitrogens with zero attached hydrogens (tertiary/aromatic N) is 2. The summed E-state index contributed by atoms with van der Waals surface area (Å²) in [4.78, 5) is 7.85. The van der Waals surface area contributed by atoms with Gasteiger partial charge in [0.05, 0.1) is 0 Å². The van der Waals surface area contributed by atoms with Crippen LogP contribution in [0.4, 0.5) is 0 Å². The number of aliphatic hydroxyl groups is 1. The molecule has 2 aliphatic heterocycles. The number of nitrogens with two attached hydrogens (primary N) is 2. The van der Waals surface area contributed by atoms with Gasteiger partial charge in [-0.05, 0) is 43.2 Å². The number of ether oxygens (including phenoxy) is 1. The zero-order valence-corrected chi connectivity index (χ0v) is 14.1. The summed E-state index contributed by atoms with van der Waals surface area (Å²) in [6.07, 6.45) is 5.05. The molecule has 2 bridgehead atoms. The highest BCUT2D eigenvalue weighted by Gasteiger charge is 2.64. The smallest absolute Gasteiger partial charge is 0.228 e. The molecular weight excluding hydrogens is 320 g/mol. The normalized spacial score (nSPS) is 37.2. The molecule has 0 saturated carbocycles. The molecule has 1 aromatic carbocycles. The van der Waals surface area contributed by atoms with Gasteiger partial charge in [-0.2, -0.15) is 0 Å². The van der Waals surface area contributed by atoms with E-state index in [1.807, 2.05) is 12.1 Å². The van der Waals surface area contributed by atoms with Gasteiger partial charge in [-0.1, -0.05) is 18.2 Å². The number of piperidine rings is 1. The van der Waals surface area contributed by atoms with E-state index in [4.69, 9.17) is 21.0 Å². The van der Waals surface area contributed by atoms with Crippen molar-refractivity contribution in [3.63, 3.8) is 0 Å². The van der Waals surface area contributed by atoms with Crippen LogP contribution in [0.3, 0.4) is 0 Å². The number of hydrogen-bond donors (Lipinski definition) is 3. The fourth-order valence-electron chi connectivity index (χ4n) is 5.40. The first kappa shape index (κ1) is 15.0.